The summed E-state index contributed by atoms with van der Waals surface area (Å²) in [7, 11) is 1.95. The molecule has 0 atom stereocenters. The molecule has 0 bridgehead atoms. The molecule has 4 nitrogen and oxygen atoms in total. The lowest BCUT2D eigenvalue weighted by Crippen LogP contribution is -1.97. The van der Waals surface area contributed by atoms with Crippen molar-refractivity contribution in [1.82, 2.24) is 4.57 Å². The Morgan fingerprint density at radius 3 is 2.14 bits per heavy atom. The van der Waals surface area contributed by atoms with E-state index >= 15 is 0 Å². The molecule has 4 aromatic rings. The highest BCUT2D eigenvalue weighted by molar-refractivity contribution is 6.00. The van der Waals surface area contributed by atoms with E-state index in [1.807, 2.05) is 29.8 Å². The van der Waals surface area contributed by atoms with Gasteiger partial charge in [-0.05, 0) is 34.7 Å². The topological polar surface area (TPSA) is 62.5 Å². The zero-order valence-corrected chi connectivity index (χ0v) is 15.8. The number of carboxylic acid groups (broad SMARTS) is 1. The minimum atomic E-state index is -1.13. The van der Waals surface area contributed by atoms with Crippen LogP contribution in [0.1, 0.15) is 22.8 Å². The van der Waals surface area contributed by atoms with Crippen LogP contribution in [0.3, 0.4) is 0 Å². The highest BCUT2D eigenvalue weighted by Gasteiger charge is 2.20. The minimum absolute atomic E-state index is 0.0706. The maximum atomic E-state index is 11.4. The molecule has 3 aromatic carbocycles. The second kappa shape index (κ2) is 6.89. The fourth-order valence-electron chi connectivity index (χ4n) is 3.90. The van der Waals surface area contributed by atoms with Gasteiger partial charge in [0.25, 0.3) is 0 Å². The lowest BCUT2D eigenvalue weighted by atomic mass is 9.99. The van der Waals surface area contributed by atoms with Crippen LogP contribution in [0.15, 0.2) is 66.7 Å². The van der Waals surface area contributed by atoms with Gasteiger partial charge >= 0.3 is 5.97 Å². The van der Waals surface area contributed by atoms with Crippen molar-refractivity contribution < 1.29 is 15.0 Å². The van der Waals surface area contributed by atoms with Crippen molar-refractivity contribution in [2.75, 3.05) is 0 Å². The second-order valence-corrected chi connectivity index (χ2v) is 6.87. The fraction of sp³-hybridized carbons (Fsp3) is 0.125. The number of aromatic nitrogens is 1. The molecule has 0 amide bonds. The Morgan fingerprint density at radius 1 is 0.929 bits per heavy atom. The molecule has 0 fully saturated rings. The van der Waals surface area contributed by atoms with E-state index in [0.29, 0.717) is 0 Å². The van der Waals surface area contributed by atoms with Crippen molar-refractivity contribution in [1.29, 1.82) is 0 Å². The summed E-state index contributed by atoms with van der Waals surface area (Å²) in [5.74, 6) is -1.34. The van der Waals surface area contributed by atoms with Crippen molar-refractivity contribution in [3.05, 3.63) is 77.9 Å². The molecule has 0 radical (unpaired) electrons. The fourth-order valence-corrected chi connectivity index (χ4v) is 3.90. The lowest BCUT2D eigenvalue weighted by Gasteiger charge is -2.09. The van der Waals surface area contributed by atoms with Gasteiger partial charge in [-0.3, -0.25) is 0 Å². The molecule has 0 saturated heterocycles. The second-order valence-electron chi connectivity index (χ2n) is 6.87. The maximum absolute atomic E-state index is 11.4. The average Bonchev–Trinajstić information content (AvgIpc) is 2.99. The van der Waals surface area contributed by atoms with E-state index in [9.17, 15) is 15.0 Å². The quantitative estimate of drug-likeness (QED) is 0.499. The van der Waals surface area contributed by atoms with E-state index in [-0.39, 0.29) is 11.3 Å². The van der Waals surface area contributed by atoms with Crippen molar-refractivity contribution in [2.24, 2.45) is 7.05 Å². The first-order chi connectivity index (χ1) is 13.5. The van der Waals surface area contributed by atoms with Gasteiger partial charge in [-0.25, -0.2) is 4.79 Å². The largest absolute Gasteiger partial charge is 0.507 e. The van der Waals surface area contributed by atoms with Crippen LogP contribution in [0.4, 0.5) is 0 Å². The highest BCUT2D eigenvalue weighted by atomic mass is 16.4. The smallest absolute Gasteiger partial charge is 0.339 e. The summed E-state index contributed by atoms with van der Waals surface area (Å²) >= 11 is 0. The SMILES string of the molecule is CCc1c(-c2ccc(-c3ccccc3)cc2)n(C)c2cc(O)c(C(=O)O)cc12. The molecule has 0 saturated carbocycles. The van der Waals surface area contributed by atoms with Gasteiger partial charge < -0.3 is 14.8 Å². The molecule has 1 aromatic heterocycles. The molecule has 0 aliphatic carbocycles. The van der Waals surface area contributed by atoms with Crippen molar-refractivity contribution in [3.63, 3.8) is 0 Å². The molecular weight excluding hydrogens is 350 g/mol. The standard InChI is InChI=1S/C24H21NO3/c1-3-18-19-13-20(24(27)28)22(26)14-21(19)25(2)23(18)17-11-9-16(10-12-17)15-7-5-4-6-8-15/h4-14,26H,3H2,1-2H3,(H,27,28). The van der Waals surface area contributed by atoms with E-state index in [4.69, 9.17) is 0 Å². The van der Waals surface area contributed by atoms with Gasteiger partial charge in [-0.2, -0.15) is 0 Å². The molecule has 4 rings (SSSR count). The molecule has 28 heavy (non-hydrogen) atoms. The van der Waals surface area contributed by atoms with Crippen LogP contribution in [0.5, 0.6) is 5.75 Å². The summed E-state index contributed by atoms with van der Waals surface area (Å²) in [5.41, 5.74) is 6.24. The number of fused-ring (bicyclic) bond motifs is 1. The first-order valence-corrected chi connectivity index (χ1v) is 9.24. The number of benzene rings is 3. The Balaban J connectivity index is 1.89. The van der Waals surface area contributed by atoms with Gasteiger partial charge in [0.1, 0.15) is 11.3 Å². The Kier molecular flexibility index (Phi) is 4.40. The number of nitrogens with zero attached hydrogens (tertiary/aromatic N) is 1. The summed E-state index contributed by atoms with van der Waals surface area (Å²) in [4.78, 5) is 11.4. The third-order valence-corrected chi connectivity index (χ3v) is 5.27. The first kappa shape index (κ1) is 17.9. The van der Waals surface area contributed by atoms with E-state index < -0.39 is 5.97 Å². The maximum Gasteiger partial charge on any atom is 0.339 e. The van der Waals surface area contributed by atoms with Crippen LogP contribution in [-0.2, 0) is 13.5 Å². The Hall–Kier alpha value is -3.53. The molecule has 0 aliphatic rings. The van der Waals surface area contributed by atoms with Crippen LogP contribution < -0.4 is 0 Å². The number of rotatable bonds is 4. The summed E-state index contributed by atoms with van der Waals surface area (Å²) < 4.78 is 2.02. The number of carbonyl (C=O) groups is 1. The van der Waals surface area contributed by atoms with E-state index in [1.54, 1.807) is 12.1 Å². The molecule has 140 valence electrons. The van der Waals surface area contributed by atoms with Gasteiger partial charge in [0.05, 0.1) is 11.2 Å². The van der Waals surface area contributed by atoms with Crippen LogP contribution in [0, 0.1) is 0 Å². The van der Waals surface area contributed by atoms with Gasteiger partial charge in [0, 0.05) is 18.5 Å². The molecular formula is C24H21NO3. The molecule has 0 spiro atoms. The Labute approximate surface area is 163 Å². The van der Waals surface area contributed by atoms with Crippen molar-refractivity contribution in [3.8, 4) is 28.1 Å². The summed E-state index contributed by atoms with van der Waals surface area (Å²) in [6.45, 7) is 2.06. The van der Waals surface area contributed by atoms with Crippen molar-refractivity contribution >= 4 is 16.9 Å². The Morgan fingerprint density at radius 2 is 1.54 bits per heavy atom. The van der Waals surface area contributed by atoms with Crippen molar-refractivity contribution in [2.45, 2.75) is 13.3 Å². The number of hydrogen-bond acceptors (Lipinski definition) is 2. The lowest BCUT2D eigenvalue weighted by molar-refractivity contribution is 0.0694. The predicted octanol–water partition coefficient (Wildman–Crippen LogP) is 5.48. The van der Waals surface area contributed by atoms with E-state index in [2.05, 4.69) is 43.3 Å². The average molecular weight is 371 g/mol. The highest BCUT2D eigenvalue weighted by Crippen LogP contribution is 2.37. The molecule has 4 heteroatoms. The number of aryl methyl sites for hydroxylation is 2. The third-order valence-electron chi connectivity index (χ3n) is 5.27. The molecule has 0 aliphatic heterocycles. The predicted molar refractivity (Wildman–Crippen MR) is 112 cm³/mol. The minimum Gasteiger partial charge on any atom is -0.507 e. The number of aromatic carboxylic acids is 1. The van der Waals surface area contributed by atoms with Gasteiger partial charge in [-0.1, -0.05) is 61.5 Å². The van der Waals surface area contributed by atoms with Crippen LogP contribution in [0.2, 0.25) is 0 Å². The van der Waals surface area contributed by atoms with Crippen LogP contribution >= 0.6 is 0 Å². The number of carboxylic acids is 1. The van der Waals surface area contributed by atoms with Gasteiger partial charge in [0.2, 0.25) is 0 Å². The monoisotopic (exact) mass is 371 g/mol. The van der Waals surface area contributed by atoms with E-state index in [1.165, 1.54) is 0 Å². The number of aromatic hydroxyl groups is 1. The number of phenols is 1. The summed E-state index contributed by atoms with van der Waals surface area (Å²) in [5, 5.41) is 20.3. The molecule has 1 heterocycles. The Bertz CT molecular complexity index is 1170. The zero-order chi connectivity index (χ0) is 19.8. The van der Waals surface area contributed by atoms with Crippen LogP contribution in [-0.4, -0.2) is 20.7 Å². The molecule has 2 N–H and O–H groups in total. The van der Waals surface area contributed by atoms with Gasteiger partial charge in [-0.15, -0.1) is 0 Å². The first-order valence-electron chi connectivity index (χ1n) is 9.24. The third kappa shape index (κ3) is 2.83. The number of hydrogen-bond donors (Lipinski definition) is 2. The summed E-state index contributed by atoms with van der Waals surface area (Å²) in [6.07, 6.45) is 0.761. The zero-order valence-electron chi connectivity index (χ0n) is 15.8. The van der Waals surface area contributed by atoms with E-state index in [0.717, 1.165) is 45.3 Å². The van der Waals surface area contributed by atoms with Gasteiger partial charge in [0.15, 0.2) is 0 Å². The summed E-state index contributed by atoms with van der Waals surface area (Å²) in [6, 6.07) is 21.7. The molecule has 0 unspecified atom stereocenters. The van der Waals surface area contributed by atoms with Crippen LogP contribution in [0.25, 0.3) is 33.3 Å². The normalized spacial score (nSPS) is 11.1.